The van der Waals surface area contributed by atoms with Crippen LogP contribution in [-0.2, 0) is 0 Å². The Morgan fingerprint density at radius 2 is 2.09 bits per heavy atom. The summed E-state index contributed by atoms with van der Waals surface area (Å²) in [6.45, 7) is 8.27. The summed E-state index contributed by atoms with van der Waals surface area (Å²) in [5, 5.41) is 0. The summed E-state index contributed by atoms with van der Waals surface area (Å²) < 4.78 is 0. The van der Waals surface area contributed by atoms with Gasteiger partial charge in [-0.2, -0.15) is 0 Å². The van der Waals surface area contributed by atoms with E-state index in [1.165, 1.54) is 0 Å². The van der Waals surface area contributed by atoms with Crippen LogP contribution in [0.25, 0.3) is 0 Å². The van der Waals surface area contributed by atoms with Gasteiger partial charge in [0.1, 0.15) is 6.34 Å². The van der Waals surface area contributed by atoms with E-state index in [1.807, 2.05) is 20.8 Å². The molecule has 0 bridgehead atoms. The van der Waals surface area contributed by atoms with E-state index in [0.29, 0.717) is 6.04 Å². The van der Waals surface area contributed by atoms with E-state index in [4.69, 9.17) is 0 Å². The second-order valence-electron chi connectivity index (χ2n) is 2.97. The maximum atomic E-state index is 4.18. The van der Waals surface area contributed by atoms with Crippen LogP contribution in [-0.4, -0.2) is 18.1 Å². The highest BCUT2D eigenvalue weighted by atomic mass is 14.9. The molecule has 0 atom stereocenters. The minimum Gasteiger partial charge on any atom is -0.271 e. The van der Waals surface area contributed by atoms with Gasteiger partial charge in [0, 0.05) is 11.8 Å². The Morgan fingerprint density at radius 3 is 2.55 bits per heavy atom. The topological polar surface area (TPSA) is 24.7 Å². The van der Waals surface area contributed by atoms with Crippen LogP contribution < -0.4 is 0 Å². The van der Waals surface area contributed by atoms with Gasteiger partial charge in [0.25, 0.3) is 0 Å². The lowest BCUT2D eigenvalue weighted by Gasteiger charge is -1.94. The van der Waals surface area contributed by atoms with Crippen LogP contribution in [0.1, 0.15) is 40.5 Å². The number of nitrogens with zero attached hydrogens (tertiary/aromatic N) is 2. The van der Waals surface area contributed by atoms with Crippen molar-refractivity contribution in [3.63, 3.8) is 0 Å². The zero-order chi connectivity index (χ0) is 8.69. The Labute approximate surface area is 69.4 Å². The molecule has 2 nitrogen and oxygen atoms in total. The smallest absolute Gasteiger partial charge is 0.110 e. The third-order valence-corrected chi connectivity index (χ3v) is 1.25. The second-order valence-corrected chi connectivity index (χ2v) is 2.97. The largest absolute Gasteiger partial charge is 0.271 e. The Kier molecular flexibility index (Phi) is 5.71. The van der Waals surface area contributed by atoms with E-state index in [2.05, 4.69) is 16.9 Å². The van der Waals surface area contributed by atoms with Crippen LogP contribution in [0, 0.1) is 0 Å². The van der Waals surface area contributed by atoms with Crippen molar-refractivity contribution in [2.75, 3.05) is 0 Å². The first kappa shape index (κ1) is 10.3. The standard InChI is InChI=1S/C9H18N2/c1-5-6-9(4)11-7-10-8(2)3/h7-8H,5-6H2,1-4H3/b10-7-,11-9+. The zero-order valence-electron chi connectivity index (χ0n) is 7.96. The molecule has 0 aliphatic rings. The molecule has 0 fully saturated rings. The molecular weight excluding hydrogens is 136 g/mol. The lowest BCUT2D eigenvalue weighted by atomic mass is 10.2. The lowest BCUT2D eigenvalue weighted by molar-refractivity contribution is 0.839. The molecule has 0 aromatic carbocycles. The van der Waals surface area contributed by atoms with Crippen LogP contribution >= 0.6 is 0 Å². The van der Waals surface area contributed by atoms with Crippen molar-refractivity contribution in [2.24, 2.45) is 9.98 Å². The van der Waals surface area contributed by atoms with E-state index < -0.39 is 0 Å². The molecular formula is C9H18N2. The fraction of sp³-hybridized carbons (Fsp3) is 0.778. The molecule has 0 N–H and O–H groups in total. The molecule has 0 aromatic rings. The van der Waals surface area contributed by atoms with Crippen LogP contribution in [0.5, 0.6) is 0 Å². The molecule has 11 heavy (non-hydrogen) atoms. The molecule has 0 amide bonds. The SMILES string of the molecule is CCC/C(C)=N/C=N\C(C)C. The molecule has 0 radical (unpaired) electrons. The van der Waals surface area contributed by atoms with Crippen molar-refractivity contribution in [3.8, 4) is 0 Å². The Balaban J connectivity index is 3.71. The highest BCUT2D eigenvalue weighted by molar-refractivity contribution is 5.88. The average Bonchev–Trinajstić information content (AvgIpc) is 1.87. The van der Waals surface area contributed by atoms with Crippen LogP contribution in [0.15, 0.2) is 9.98 Å². The third kappa shape index (κ3) is 7.23. The van der Waals surface area contributed by atoms with Crippen molar-refractivity contribution in [2.45, 2.75) is 46.6 Å². The molecule has 2 heteroatoms. The predicted molar refractivity (Wildman–Crippen MR) is 51.6 cm³/mol. The summed E-state index contributed by atoms with van der Waals surface area (Å²) in [6.07, 6.45) is 3.89. The predicted octanol–water partition coefficient (Wildman–Crippen LogP) is 2.68. The molecule has 0 aliphatic heterocycles. The van der Waals surface area contributed by atoms with Gasteiger partial charge in [-0.1, -0.05) is 13.3 Å². The minimum absolute atomic E-state index is 0.355. The summed E-state index contributed by atoms with van der Waals surface area (Å²) >= 11 is 0. The summed E-state index contributed by atoms with van der Waals surface area (Å²) in [6, 6.07) is 0.355. The maximum absolute atomic E-state index is 4.18. The monoisotopic (exact) mass is 154 g/mol. The van der Waals surface area contributed by atoms with E-state index in [-0.39, 0.29) is 0 Å². The summed E-state index contributed by atoms with van der Waals surface area (Å²) in [5.74, 6) is 0. The molecule has 0 spiro atoms. The highest BCUT2D eigenvalue weighted by Gasteiger charge is 1.86. The van der Waals surface area contributed by atoms with Crippen LogP contribution in [0.3, 0.4) is 0 Å². The summed E-state index contributed by atoms with van der Waals surface area (Å²) in [7, 11) is 0. The second kappa shape index (κ2) is 6.08. The van der Waals surface area contributed by atoms with Crippen LogP contribution in [0.2, 0.25) is 0 Å². The van der Waals surface area contributed by atoms with E-state index in [1.54, 1.807) is 6.34 Å². The molecule has 0 aromatic heterocycles. The van der Waals surface area contributed by atoms with Crippen molar-refractivity contribution < 1.29 is 0 Å². The Hall–Kier alpha value is -0.660. The maximum Gasteiger partial charge on any atom is 0.110 e. The van der Waals surface area contributed by atoms with Crippen LogP contribution in [0.4, 0.5) is 0 Å². The van der Waals surface area contributed by atoms with Crippen molar-refractivity contribution >= 4 is 12.1 Å². The number of hydrogen-bond acceptors (Lipinski definition) is 1. The Bertz CT molecular complexity index is 146. The van der Waals surface area contributed by atoms with E-state index >= 15 is 0 Å². The highest BCUT2D eigenvalue weighted by Crippen LogP contribution is 1.90. The molecule has 0 saturated heterocycles. The number of aliphatic imine (C=N–C) groups is 2. The normalized spacial score (nSPS) is 13.4. The van der Waals surface area contributed by atoms with Gasteiger partial charge in [-0.25, -0.2) is 4.99 Å². The molecule has 0 saturated carbocycles. The molecule has 0 aliphatic carbocycles. The van der Waals surface area contributed by atoms with E-state index in [9.17, 15) is 0 Å². The van der Waals surface area contributed by atoms with Gasteiger partial charge >= 0.3 is 0 Å². The number of hydrogen-bond donors (Lipinski definition) is 0. The first-order chi connectivity index (χ1) is 5.16. The fourth-order valence-corrected chi connectivity index (χ4v) is 0.692. The molecule has 0 rings (SSSR count). The van der Waals surface area contributed by atoms with Gasteiger partial charge in [0.05, 0.1) is 0 Å². The summed E-state index contributed by atoms with van der Waals surface area (Å²) in [5.41, 5.74) is 1.16. The van der Waals surface area contributed by atoms with Crippen molar-refractivity contribution in [1.29, 1.82) is 0 Å². The first-order valence-corrected chi connectivity index (χ1v) is 4.21. The van der Waals surface area contributed by atoms with E-state index in [0.717, 1.165) is 18.6 Å². The van der Waals surface area contributed by atoms with Gasteiger partial charge < -0.3 is 0 Å². The van der Waals surface area contributed by atoms with Gasteiger partial charge in [-0.3, -0.25) is 4.99 Å². The third-order valence-electron chi connectivity index (χ3n) is 1.25. The van der Waals surface area contributed by atoms with Gasteiger partial charge in [-0.15, -0.1) is 0 Å². The minimum atomic E-state index is 0.355. The quantitative estimate of drug-likeness (QED) is 0.439. The fourth-order valence-electron chi connectivity index (χ4n) is 0.692. The average molecular weight is 154 g/mol. The molecule has 0 heterocycles. The van der Waals surface area contributed by atoms with Gasteiger partial charge in [0.15, 0.2) is 0 Å². The molecule has 0 unspecified atom stereocenters. The van der Waals surface area contributed by atoms with Gasteiger partial charge in [0.2, 0.25) is 0 Å². The first-order valence-electron chi connectivity index (χ1n) is 4.21. The summed E-state index contributed by atoms with van der Waals surface area (Å²) in [4.78, 5) is 8.31. The van der Waals surface area contributed by atoms with Gasteiger partial charge in [-0.05, 0) is 27.2 Å². The zero-order valence-corrected chi connectivity index (χ0v) is 7.96. The lowest BCUT2D eigenvalue weighted by Crippen LogP contribution is -1.92. The Morgan fingerprint density at radius 1 is 1.45 bits per heavy atom. The molecule has 64 valence electrons. The van der Waals surface area contributed by atoms with Crippen molar-refractivity contribution in [1.82, 2.24) is 0 Å². The van der Waals surface area contributed by atoms with Crippen molar-refractivity contribution in [3.05, 3.63) is 0 Å². The number of rotatable bonds is 4.